The van der Waals surface area contributed by atoms with Gasteiger partial charge in [0.25, 0.3) is 0 Å². The first-order chi connectivity index (χ1) is 16.2. The minimum atomic E-state index is -0.473. The van der Waals surface area contributed by atoms with E-state index in [0.29, 0.717) is 23.3 Å². The van der Waals surface area contributed by atoms with Gasteiger partial charge in [-0.2, -0.15) is 4.98 Å². The quantitative estimate of drug-likeness (QED) is 0.219. The van der Waals surface area contributed by atoms with Crippen LogP contribution in [0.3, 0.4) is 0 Å². The average molecular weight is 530 g/mol. The fraction of sp³-hybridized carbons (Fsp3) is 0.400. The molecule has 4 rings (SSSR count). The van der Waals surface area contributed by atoms with Crippen molar-refractivity contribution in [3.8, 4) is 22.9 Å². The maximum atomic E-state index is 6.45. The Kier molecular flexibility index (Phi) is 8.45. The van der Waals surface area contributed by atoms with Crippen molar-refractivity contribution >= 4 is 33.4 Å². The van der Waals surface area contributed by atoms with E-state index in [-0.39, 0.29) is 0 Å². The zero-order chi connectivity index (χ0) is 23.0. The number of fused-ring (bicyclic) bond motifs is 3. The molecule has 0 amide bonds. The van der Waals surface area contributed by atoms with E-state index in [4.69, 9.17) is 14.5 Å². The zero-order valence-electron chi connectivity index (χ0n) is 19.0. The SMILES string of the molecule is CCCCCOc1ccccc1[C@@H]1Nc2ccc(Br)cc2-c2nnc(SCCCC)nc2O1. The minimum absolute atomic E-state index is 0.471. The number of nitrogens with one attached hydrogen (secondary N) is 1. The van der Waals surface area contributed by atoms with Crippen LogP contribution in [0.4, 0.5) is 5.69 Å². The Morgan fingerprint density at radius 1 is 1.06 bits per heavy atom. The molecule has 1 aliphatic rings. The minimum Gasteiger partial charge on any atom is -0.493 e. The number of nitrogens with zero attached hydrogens (tertiary/aromatic N) is 3. The Morgan fingerprint density at radius 2 is 1.91 bits per heavy atom. The standard InChI is InChI=1S/C25H29BrN4O2S/c1-3-5-9-14-31-21-11-8-7-10-18(21)23-27-20-13-12-17(26)16-19(20)22-24(32-23)28-25(30-29-22)33-15-6-4-2/h7-8,10-13,16,23,27H,3-6,9,14-15H2,1-2H3/t23-/m1/s1. The van der Waals surface area contributed by atoms with Gasteiger partial charge in [-0.25, -0.2) is 0 Å². The fourth-order valence-electron chi connectivity index (χ4n) is 3.54. The summed E-state index contributed by atoms with van der Waals surface area (Å²) in [6.45, 7) is 5.04. The van der Waals surface area contributed by atoms with Crippen molar-refractivity contribution in [2.45, 2.75) is 57.3 Å². The van der Waals surface area contributed by atoms with E-state index >= 15 is 0 Å². The van der Waals surface area contributed by atoms with Crippen LogP contribution in [0.5, 0.6) is 11.6 Å². The molecule has 0 spiro atoms. The number of anilines is 1. The molecular formula is C25H29BrN4O2S. The third-order valence-corrected chi connectivity index (χ3v) is 6.74. The van der Waals surface area contributed by atoms with E-state index in [0.717, 1.165) is 64.9 Å². The summed E-state index contributed by atoms with van der Waals surface area (Å²) < 4.78 is 13.5. The first kappa shape index (κ1) is 23.8. The number of halogens is 1. The summed E-state index contributed by atoms with van der Waals surface area (Å²) in [7, 11) is 0. The molecule has 1 aromatic heterocycles. The van der Waals surface area contributed by atoms with E-state index in [1.165, 1.54) is 0 Å². The Hall–Kier alpha value is -2.32. The molecule has 0 saturated carbocycles. The van der Waals surface area contributed by atoms with Gasteiger partial charge in [-0.15, -0.1) is 10.2 Å². The van der Waals surface area contributed by atoms with Gasteiger partial charge in [-0.3, -0.25) is 0 Å². The van der Waals surface area contributed by atoms with Gasteiger partial charge in [0.15, 0.2) is 5.69 Å². The first-order valence-electron chi connectivity index (χ1n) is 11.5. The molecule has 1 N–H and O–H groups in total. The highest BCUT2D eigenvalue weighted by molar-refractivity contribution is 9.10. The maximum absolute atomic E-state index is 6.45. The average Bonchev–Trinajstić information content (AvgIpc) is 2.98. The van der Waals surface area contributed by atoms with Crippen LogP contribution in [0.1, 0.15) is 57.7 Å². The summed E-state index contributed by atoms with van der Waals surface area (Å²) >= 11 is 5.18. The van der Waals surface area contributed by atoms with E-state index in [9.17, 15) is 0 Å². The lowest BCUT2D eigenvalue weighted by Crippen LogP contribution is -2.18. The van der Waals surface area contributed by atoms with Gasteiger partial charge in [-0.05, 0) is 43.2 Å². The summed E-state index contributed by atoms with van der Waals surface area (Å²) in [5, 5.41) is 13.0. The van der Waals surface area contributed by atoms with E-state index in [1.807, 2.05) is 42.5 Å². The van der Waals surface area contributed by atoms with Gasteiger partial charge in [0.05, 0.1) is 12.2 Å². The molecule has 0 saturated heterocycles. The Bertz CT molecular complexity index is 1080. The highest BCUT2D eigenvalue weighted by atomic mass is 79.9. The number of ether oxygens (including phenoxy) is 2. The van der Waals surface area contributed by atoms with E-state index in [2.05, 4.69) is 45.3 Å². The molecule has 174 valence electrons. The van der Waals surface area contributed by atoms with Crippen LogP contribution in [-0.2, 0) is 0 Å². The molecular weight excluding hydrogens is 500 g/mol. The van der Waals surface area contributed by atoms with Gasteiger partial charge in [-0.1, -0.05) is 72.9 Å². The van der Waals surface area contributed by atoms with Crippen LogP contribution in [-0.4, -0.2) is 27.5 Å². The van der Waals surface area contributed by atoms with Crippen molar-refractivity contribution in [3.63, 3.8) is 0 Å². The lowest BCUT2D eigenvalue weighted by molar-refractivity contribution is 0.215. The second kappa shape index (κ2) is 11.7. The predicted molar refractivity (Wildman–Crippen MR) is 137 cm³/mol. The zero-order valence-corrected chi connectivity index (χ0v) is 21.4. The van der Waals surface area contributed by atoms with Gasteiger partial charge in [0.2, 0.25) is 17.3 Å². The number of unbranched alkanes of at least 4 members (excludes halogenated alkanes) is 3. The largest absolute Gasteiger partial charge is 0.493 e. The van der Waals surface area contributed by atoms with Crippen LogP contribution < -0.4 is 14.8 Å². The number of hydrogen-bond acceptors (Lipinski definition) is 7. The van der Waals surface area contributed by atoms with Crippen LogP contribution >= 0.6 is 27.7 Å². The van der Waals surface area contributed by atoms with Crippen molar-refractivity contribution in [3.05, 3.63) is 52.5 Å². The molecule has 33 heavy (non-hydrogen) atoms. The van der Waals surface area contributed by atoms with Crippen LogP contribution in [0.25, 0.3) is 11.3 Å². The summed E-state index contributed by atoms with van der Waals surface area (Å²) in [5.74, 6) is 2.24. The second-order valence-corrected chi connectivity index (χ2v) is 9.85. The summed E-state index contributed by atoms with van der Waals surface area (Å²) in [5.41, 5.74) is 3.36. The molecule has 2 heterocycles. The fourth-order valence-corrected chi connectivity index (χ4v) is 4.77. The molecule has 2 aromatic carbocycles. The number of hydrogen-bond donors (Lipinski definition) is 1. The molecule has 6 nitrogen and oxygen atoms in total. The third kappa shape index (κ3) is 5.98. The van der Waals surface area contributed by atoms with Crippen molar-refractivity contribution in [2.75, 3.05) is 17.7 Å². The lowest BCUT2D eigenvalue weighted by Gasteiger charge is -2.22. The highest BCUT2D eigenvalue weighted by Crippen LogP contribution is 2.42. The number of aromatic nitrogens is 3. The van der Waals surface area contributed by atoms with Crippen molar-refractivity contribution < 1.29 is 9.47 Å². The molecule has 0 radical (unpaired) electrons. The summed E-state index contributed by atoms with van der Waals surface area (Å²) in [6, 6.07) is 14.0. The van der Waals surface area contributed by atoms with E-state index in [1.54, 1.807) is 11.8 Å². The maximum Gasteiger partial charge on any atom is 0.247 e. The van der Waals surface area contributed by atoms with Gasteiger partial charge >= 0.3 is 0 Å². The summed E-state index contributed by atoms with van der Waals surface area (Å²) in [6.07, 6.45) is 5.10. The molecule has 8 heteroatoms. The van der Waals surface area contributed by atoms with Crippen LogP contribution in [0.15, 0.2) is 52.1 Å². The second-order valence-electron chi connectivity index (χ2n) is 7.88. The molecule has 0 unspecified atom stereocenters. The number of rotatable bonds is 10. The Labute approximate surface area is 208 Å². The number of para-hydroxylation sites is 1. The smallest absolute Gasteiger partial charge is 0.247 e. The molecule has 1 aliphatic heterocycles. The number of benzene rings is 2. The van der Waals surface area contributed by atoms with Gasteiger partial charge in [0, 0.05) is 21.5 Å². The monoisotopic (exact) mass is 528 g/mol. The van der Waals surface area contributed by atoms with Crippen molar-refractivity contribution in [1.29, 1.82) is 0 Å². The Balaban J connectivity index is 1.69. The van der Waals surface area contributed by atoms with Gasteiger partial charge < -0.3 is 14.8 Å². The molecule has 0 fully saturated rings. The lowest BCUT2D eigenvalue weighted by atomic mass is 10.1. The topological polar surface area (TPSA) is 69.2 Å². The summed E-state index contributed by atoms with van der Waals surface area (Å²) in [4.78, 5) is 4.74. The highest BCUT2D eigenvalue weighted by Gasteiger charge is 2.28. The molecule has 3 aromatic rings. The van der Waals surface area contributed by atoms with Gasteiger partial charge in [0.1, 0.15) is 5.75 Å². The normalized spacial score (nSPS) is 14.5. The first-order valence-corrected chi connectivity index (χ1v) is 13.3. The van der Waals surface area contributed by atoms with Crippen LogP contribution in [0, 0.1) is 0 Å². The molecule has 0 aliphatic carbocycles. The Morgan fingerprint density at radius 3 is 2.76 bits per heavy atom. The molecule has 1 atom stereocenters. The van der Waals surface area contributed by atoms with Crippen molar-refractivity contribution in [2.24, 2.45) is 0 Å². The van der Waals surface area contributed by atoms with E-state index < -0.39 is 6.23 Å². The molecule has 0 bridgehead atoms. The third-order valence-electron chi connectivity index (χ3n) is 5.32. The van der Waals surface area contributed by atoms with Crippen LogP contribution in [0.2, 0.25) is 0 Å². The predicted octanol–water partition coefficient (Wildman–Crippen LogP) is 7.27. The number of thioether (sulfide) groups is 1. The van der Waals surface area contributed by atoms with Crippen molar-refractivity contribution in [1.82, 2.24) is 15.2 Å².